The fraction of sp³-hybridized carbons (Fsp3) is 0.462. The van der Waals surface area contributed by atoms with Crippen LogP contribution in [0.4, 0.5) is 0 Å². The highest BCUT2D eigenvalue weighted by Gasteiger charge is 2.31. The Labute approximate surface area is 99.5 Å². The molecule has 16 heavy (non-hydrogen) atoms. The Kier molecular flexibility index (Phi) is 2.45. The first kappa shape index (κ1) is 10.2. The molecule has 2 aromatic rings. The van der Waals surface area contributed by atoms with Crippen LogP contribution in [0.25, 0.3) is 10.2 Å². The highest BCUT2D eigenvalue weighted by atomic mass is 32.1. The standard InChI is InChI=1S/C13H16N2S/c14-13(7-3-8-13)9-6-12-15-10-4-1-2-5-11(10)16-12/h1-2,4-5H,3,6-9,14H2. The van der Waals surface area contributed by atoms with Crippen LogP contribution in [0, 0.1) is 0 Å². The summed E-state index contributed by atoms with van der Waals surface area (Å²) in [6, 6.07) is 8.33. The molecule has 1 fully saturated rings. The van der Waals surface area contributed by atoms with Crippen molar-refractivity contribution in [1.29, 1.82) is 0 Å². The first-order chi connectivity index (χ1) is 7.75. The van der Waals surface area contributed by atoms with Gasteiger partial charge in [-0.3, -0.25) is 0 Å². The van der Waals surface area contributed by atoms with Gasteiger partial charge in [0.25, 0.3) is 0 Å². The molecule has 0 spiro atoms. The molecular formula is C13H16N2S. The second kappa shape index (κ2) is 3.82. The summed E-state index contributed by atoms with van der Waals surface area (Å²) in [6.07, 6.45) is 5.81. The van der Waals surface area contributed by atoms with E-state index in [2.05, 4.69) is 23.2 Å². The fourth-order valence-electron chi connectivity index (χ4n) is 2.26. The lowest BCUT2D eigenvalue weighted by Crippen LogP contribution is -2.46. The molecule has 1 aliphatic carbocycles. The first-order valence-electron chi connectivity index (χ1n) is 5.89. The maximum absolute atomic E-state index is 6.22. The van der Waals surface area contributed by atoms with Crippen molar-refractivity contribution in [2.75, 3.05) is 0 Å². The maximum atomic E-state index is 6.22. The third kappa shape index (κ3) is 1.85. The summed E-state index contributed by atoms with van der Waals surface area (Å²) in [5, 5.41) is 1.23. The van der Waals surface area contributed by atoms with Crippen LogP contribution in [0.3, 0.4) is 0 Å². The molecule has 1 aliphatic rings. The second-order valence-electron chi connectivity index (χ2n) is 4.79. The zero-order valence-corrected chi connectivity index (χ0v) is 10.1. The highest BCUT2D eigenvalue weighted by molar-refractivity contribution is 7.18. The number of aromatic nitrogens is 1. The van der Waals surface area contributed by atoms with Gasteiger partial charge in [0.05, 0.1) is 15.2 Å². The predicted octanol–water partition coefficient (Wildman–Crippen LogP) is 3.11. The molecule has 0 radical (unpaired) electrons. The summed E-state index contributed by atoms with van der Waals surface area (Å²) in [5.74, 6) is 0. The van der Waals surface area contributed by atoms with E-state index in [9.17, 15) is 0 Å². The van der Waals surface area contributed by atoms with Crippen LogP contribution < -0.4 is 5.73 Å². The lowest BCUT2D eigenvalue weighted by molar-refractivity contribution is 0.232. The van der Waals surface area contributed by atoms with E-state index in [-0.39, 0.29) is 5.54 Å². The van der Waals surface area contributed by atoms with Gasteiger partial charge >= 0.3 is 0 Å². The zero-order chi connectivity index (χ0) is 11.0. The van der Waals surface area contributed by atoms with Crippen LogP contribution in [-0.2, 0) is 6.42 Å². The number of nitrogens with two attached hydrogens (primary N) is 1. The van der Waals surface area contributed by atoms with Crippen LogP contribution in [0.5, 0.6) is 0 Å². The molecular weight excluding hydrogens is 216 g/mol. The van der Waals surface area contributed by atoms with Crippen molar-refractivity contribution < 1.29 is 0 Å². The number of benzene rings is 1. The number of nitrogens with zero attached hydrogens (tertiary/aromatic N) is 1. The lowest BCUT2D eigenvalue weighted by Gasteiger charge is -2.38. The van der Waals surface area contributed by atoms with E-state index in [1.54, 1.807) is 11.3 Å². The van der Waals surface area contributed by atoms with Crippen LogP contribution in [0.1, 0.15) is 30.7 Å². The molecule has 0 unspecified atom stereocenters. The Hall–Kier alpha value is -0.930. The molecule has 1 aromatic heterocycles. The molecule has 3 rings (SSSR count). The summed E-state index contributed by atoms with van der Waals surface area (Å²) in [6.45, 7) is 0. The Bertz CT molecular complexity index is 466. The van der Waals surface area contributed by atoms with Gasteiger partial charge in [-0.1, -0.05) is 12.1 Å². The number of hydrogen-bond donors (Lipinski definition) is 1. The monoisotopic (exact) mass is 232 g/mol. The van der Waals surface area contributed by atoms with Crippen molar-refractivity contribution in [3.63, 3.8) is 0 Å². The van der Waals surface area contributed by atoms with E-state index in [4.69, 9.17) is 5.73 Å². The van der Waals surface area contributed by atoms with Crippen molar-refractivity contribution in [3.05, 3.63) is 29.3 Å². The fourth-order valence-corrected chi connectivity index (χ4v) is 3.23. The minimum absolute atomic E-state index is 0.123. The van der Waals surface area contributed by atoms with Gasteiger partial charge in [-0.25, -0.2) is 4.98 Å². The average molecular weight is 232 g/mol. The molecule has 0 atom stereocenters. The molecule has 1 aromatic carbocycles. The topological polar surface area (TPSA) is 38.9 Å². The first-order valence-corrected chi connectivity index (χ1v) is 6.70. The molecule has 2 nitrogen and oxygen atoms in total. The summed E-state index contributed by atoms with van der Waals surface area (Å²) in [4.78, 5) is 4.64. The Morgan fingerprint density at radius 1 is 1.31 bits per heavy atom. The van der Waals surface area contributed by atoms with E-state index < -0.39 is 0 Å². The maximum Gasteiger partial charge on any atom is 0.0939 e. The predicted molar refractivity (Wildman–Crippen MR) is 68.7 cm³/mol. The van der Waals surface area contributed by atoms with Crippen LogP contribution in [0.15, 0.2) is 24.3 Å². The van der Waals surface area contributed by atoms with Gasteiger partial charge in [-0.2, -0.15) is 0 Å². The van der Waals surface area contributed by atoms with Crippen molar-refractivity contribution in [1.82, 2.24) is 4.98 Å². The third-order valence-corrected chi connectivity index (χ3v) is 4.62. The minimum atomic E-state index is 0.123. The average Bonchev–Trinajstić information content (AvgIpc) is 2.66. The van der Waals surface area contributed by atoms with Crippen molar-refractivity contribution in [2.45, 2.75) is 37.6 Å². The number of fused-ring (bicyclic) bond motifs is 1. The molecule has 1 heterocycles. The summed E-state index contributed by atoms with van der Waals surface area (Å²) >= 11 is 1.81. The van der Waals surface area contributed by atoms with Gasteiger partial charge in [-0.05, 0) is 37.8 Å². The Morgan fingerprint density at radius 3 is 2.81 bits per heavy atom. The molecule has 84 valence electrons. The lowest BCUT2D eigenvalue weighted by atomic mass is 9.75. The Morgan fingerprint density at radius 2 is 2.12 bits per heavy atom. The number of para-hydroxylation sites is 1. The van der Waals surface area contributed by atoms with Gasteiger partial charge in [0.1, 0.15) is 0 Å². The normalized spacial score (nSPS) is 18.6. The van der Waals surface area contributed by atoms with Crippen molar-refractivity contribution >= 4 is 21.6 Å². The number of aryl methyl sites for hydroxylation is 1. The summed E-state index contributed by atoms with van der Waals surface area (Å²) in [5.41, 5.74) is 7.47. The van der Waals surface area contributed by atoms with E-state index >= 15 is 0 Å². The molecule has 2 N–H and O–H groups in total. The molecule has 3 heteroatoms. The zero-order valence-electron chi connectivity index (χ0n) is 9.28. The van der Waals surface area contributed by atoms with Gasteiger partial charge in [0, 0.05) is 12.0 Å². The third-order valence-electron chi connectivity index (χ3n) is 3.52. The van der Waals surface area contributed by atoms with E-state index in [1.807, 2.05) is 6.07 Å². The molecule has 0 bridgehead atoms. The molecule has 0 aliphatic heterocycles. The van der Waals surface area contributed by atoms with Crippen LogP contribution >= 0.6 is 11.3 Å². The number of thiazole rings is 1. The van der Waals surface area contributed by atoms with Gasteiger partial charge in [0.15, 0.2) is 0 Å². The molecule has 1 saturated carbocycles. The largest absolute Gasteiger partial charge is 0.325 e. The smallest absolute Gasteiger partial charge is 0.0939 e. The molecule has 0 saturated heterocycles. The summed E-state index contributed by atoms with van der Waals surface area (Å²) < 4.78 is 1.29. The van der Waals surface area contributed by atoms with Gasteiger partial charge in [0.2, 0.25) is 0 Å². The quantitative estimate of drug-likeness (QED) is 0.883. The number of hydrogen-bond acceptors (Lipinski definition) is 3. The van der Waals surface area contributed by atoms with Crippen molar-refractivity contribution in [3.8, 4) is 0 Å². The van der Waals surface area contributed by atoms with E-state index in [0.29, 0.717) is 0 Å². The van der Waals surface area contributed by atoms with E-state index in [0.717, 1.165) is 18.4 Å². The second-order valence-corrected chi connectivity index (χ2v) is 5.91. The Balaban J connectivity index is 1.74. The van der Waals surface area contributed by atoms with Crippen molar-refractivity contribution in [2.24, 2.45) is 5.73 Å². The molecule has 0 amide bonds. The highest BCUT2D eigenvalue weighted by Crippen LogP contribution is 2.34. The summed E-state index contributed by atoms with van der Waals surface area (Å²) in [7, 11) is 0. The number of rotatable bonds is 3. The van der Waals surface area contributed by atoms with E-state index in [1.165, 1.54) is 29.0 Å². The van der Waals surface area contributed by atoms with Crippen LogP contribution in [-0.4, -0.2) is 10.5 Å². The van der Waals surface area contributed by atoms with Crippen LogP contribution in [0.2, 0.25) is 0 Å². The minimum Gasteiger partial charge on any atom is -0.325 e. The van der Waals surface area contributed by atoms with Gasteiger partial charge in [-0.15, -0.1) is 11.3 Å². The van der Waals surface area contributed by atoms with Gasteiger partial charge < -0.3 is 5.73 Å². The SMILES string of the molecule is NC1(CCc2nc3ccccc3s2)CCC1.